The Morgan fingerprint density at radius 3 is 1.08 bits per heavy atom. The van der Waals surface area contributed by atoms with Crippen molar-refractivity contribution in [2.45, 2.75) is 245 Å². The van der Waals surface area contributed by atoms with E-state index in [4.69, 9.17) is 14.2 Å². The molecule has 0 heterocycles. The van der Waals surface area contributed by atoms with Crippen LogP contribution in [0.3, 0.4) is 0 Å². The van der Waals surface area contributed by atoms with Gasteiger partial charge in [-0.05, 0) is 109 Å². The maximum absolute atomic E-state index is 12.8. The standard InChI is InChI=1S/C57H96O6/c1-4-7-10-13-16-19-22-25-27-28-30-32-35-38-41-44-47-50-56(59)62-53-54(52-61-55(58)49-46-43-40-37-34-31-24-21-18-15-12-9-6-3)63-57(60)51-48-45-42-39-36-33-29-26-23-20-17-14-11-8-5-2/h8,11-12,15,17,20-21,24-27,29,36,39,54H,4-7,9-10,13-14,16,18-19,22-23,28,30-35,37-38,40-53H2,1-3H3/b11-8-,15-12-,20-17-,24-21-,27-25-,29-26-,39-36-. The molecule has 63 heavy (non-hydrogen) atoms. The largest absolute Gasteiger partial charge is 0.462 e. The van der Waals surface area contributed by atoms with E-state index in [1.165, 1.54) is 83.5 Å². The van der Waals surface area contributed by atoms with Crippen molar-refractivity contribution >= 4 is 17.9 Å². The molecule has 0 N–H and O–H groups in total. The number of ether oxygens (including phenoxy) is 3. The summed E-state index contributed by atoms with van der Waals surface area (Å²) < 4.78 is 16.8. The van der Waals surface area contributed by atoms with E-state index in [2.05, 4.69) is 106 Å². The summed E-state index contributed by atoms with van der Waals surface area (Å²) >= 11 is 0. The van der Waals surface area contributed by atoms with Crippen molar-refractivity contribution < 1.29 is 28.6 Å². The zero-order valence-corrected chi connectivity index (χ0v) is 41.1. The van der Waals surface area contributed by atoms with Crippen LogP contribution in [0.5, 0.6) is 0 Å². The van der Waals surface area contributed by atoms with Crippen LogP contribution in [0.1, 0.15) is 239 Å². The van der Waals surface area contributed by atoms with E-state index in [9.17, 15) is 14.4 Å². The van der Waals surface area contributed by atoms with Crippen LogP contribution in [0.25, 0.3) is 0 Å². The molecule has 0 fully saturated rings. The predicted molar refractivity (Wildman–Crippen MR) is 270 cm³/mol. The number of unbranched alkanes of at least 4 members (excludes halogenated alkanes) is 21. The van der Waals surface area contributed by atoms with Crippen molar-refractivity contribution in [2.24, 2.45) is 0 Å². The van der Waals surface area contributed by atoms with Gasteiger partial charge in [0, 0.05) is 19.3 Å². The van der Waals surface area contributed by atoms with Gasteiger partial charge in [-0.25, -0.2) is 0 Å². The van der Waals surface area contributed by atoms with Gasteiger partial charge < -0.3 is 14.2 Å². The first-order valence-corrected chi connectivity index (χ1v) is 26.1. The molecule has 0 aromatic heterocycles. The average Bonchev–Trinajstić information content (AvgIpc) is 3.28. The summed E-state index contributed by atoms with van der Waals surface area (Å²) in [4.78, 5) is 38.0. The van der Waals surface area contributed by atoms with E-state index in [-0.39, 0.29) is 37.5 Å². The third-order valence-electron chi connectivity index (χ3n) is 10.8. The van der Waals surface area contributed by atoms with Crippen molar-refractivity contribution in [3.05, 3.63) is 85.1 Å². The first-order valence-electron chi connectivity index (χ1n) is 26.1. The van der Waals surface area contributed by atoms with Gasteiger partial charge in [0.25, 0.3) is 0 Å². The fourth-order valence-electron chi connectivity index (χ4n) is 6.94. The SMILES string of the molecule is CC/C=C\C/C=C\C/C=C\C/C=C\CCCCC(=O)OC(COC(=O)CCCCCCC/C=C\C/C=C\CCC)COC(=O)CCCCCCCCC/C=C\CCCCCCCC. The topological polar surface area (TPSA) is 78.9 Å². The lowest BCUT2D eigenvalue weighted by Gasteiger charge is -2.18. The lowest BCUT2D eigenvalue weighted by Crippen LogP contribution is -2.30. The minimum absolute atomic E-state index is 0.101. The molecular formula is C57H96O6. The fourth-order valence-corrected chi connectivity index (χ4v) is 6.94. The Bertz CT molecular complexity index is 1240. The van der Waals surface area contributed by atoms with Gasteiger partial charge in [-0.2, -0.15) is 0 Å². The van der Waals surface area contributed by atoms with Crippen LogP contribution in [-0.4, -0.2) is 37.2 Å². The number of hydrogen-bond donors (Lipinski definition) is 0. The molecule has 0 bridgehead atoms. The lowest BCUT2D eigenvalue weighted by atomic mass is 10.1. The molecular weight excluding hydrogens is 781 g/mol. The van der Waals surface area contributed by atoms with Crippen molar-refractivity contribution in [3.8, 4) is 0 Å². The number of rotatable bonds is 46. The highest BCUT2D eigenvalue weighted by Crippen LogP contribution is 2.14. The Labute approximate surface area is 388 Å². The minimum atomic E-state index is -0.805. The molecule has 0 saturated carbocycles. The van der Waals surface area contributed by atoms with Crippen LogP contribution >= 0.6 is 0 Å². The molecule has 1 atom stereocenters. The first-order chi connectivity index (χ1) is 31.0. The van der Waals surface area contributed by atoms with Gasteiger partial charge >= 0.3 is 17.9 Å². The molecule has 0 rings (SSSR count). The molecule has 360 valence electrons. The molecule has 0 aliphatic carbocycles. The second-order valence-corrected chi connectivity index (χ2v) is 17.0. The zero-order chi connectivity index (χ0) is 45.8. The van der Waals surface area contributed by atoms with E-state index in [1.54, 1.807) is 0 Å². The molecule has 6 heteroatoms. The summed E-state index contributed by atoms with van der Waals surface area (Å²) in [5.41, 5.74) is 0. The summed E-state index contributed by atoms with van der Waals surface area (Å²) in [6.07, 6.45) is 65.7. The van der Waals surface area contributed by atoms with Crippen molar-refractivity contribution in [1.82, 2.24) is 0 Å². The Morgan fingerprint density at radius 2 is 0.651 bits per heavy atom. The van der Waals surface area contributed by atoms with Crippen molar-refractivity contribution in [1.29, 1.82) is 0 Å². The quantitative estimate of drug-likeness (QED) is 0.0262. The van der Waals surface area contributed by atoms with Crippen molar-refractivity contribution in [2.75, 3.05) is 13.2 Å². The monoisotopic (exact) mass is 877 g/mol. The third kappa shape index (κ3) is 49.5. The maximum atomic E-state index is 12.8. The Hall–Kier alpha value is -3.41. The summed E-state index contributed by atoms with van der Waals surface area (Å²) in [5, 5.41) is 0. The highest BCUT2D eigenvalue weighted by atomic mass is 16.6. The summed E-state index contributed by atoms with van der Waals surface area (Å²) in [5.74, 6) is -0.962. The van der Waals surface area contributed by atoms with E-state index >= 15 is 0 Å². The van der Waals surface area contributed by atoms with Gasteiger partial charge in [0.1, 0.15) is 13.2 Å². The smallest absolute Gasteiger partial charge is 0.306 e. The molecule has 0 aromatic rings. The number of esters is 3. The summed E-state index contributed by atoms with van der Waals surface area (Å²) in [6, 6.07) is 0. The summed E-state index contributed by atoms with van der Waals surface area (Å²) in [6.45, 7) is 6.40. The van der Waals surface area contributed by atoms with Crippen molar-refractivity contribution in [3.63, 3.8) is 0 Å². The Kier molecular flexibility index (Phi) is 48.5. The second-order valence-electron chi connectivity index (χ2n) is 17.0. The normalized spacial score (nSPS) is 12.7. The molecule has 0 radical (unpaired) electrons. The molecule has 0 aromatic carbocycles. The molecule has 0 spiro atoms. The predicted octanol–water partition coefficient (Wildman–Crippen LogP) is 17.2. The highest BCUT2D eigenvalue weighted by Gasteiger charge is 2.19. The lowest BCUT2D eigenvalue weighted by molar-refractivity contribution is -0.167. The molecule has 0 aliphatic rings. The molecule has 1 unspecified atom stereocenters. The van der Waals surface area contributed by atoms with E-state index in [1.807, 2.05) is 0 Å². The highest BCUT2D eigenvalue weighted by molar-refractivity contribution is 5.71. The molecule has 0 saturated heterocycles. The molecule has 6 nitrogen and oxygen atoms in total. The second kappa shape index (κ2) is 51.2. The van der Waals surface area contributed by atoms with Crippen LogP contribution in [0.2, 0.25) is 0 Å². The van der Waals surface area contributed by atoms with Gasteiger partial charge in [-0.15, -0.1) is 0 Å². The number of allylic oxidation sites excluding steroid dienone is 14. The molecule has 0 aliphatic heterocycles. The van der Waals surface area contributed by atoms with Crippen LogP contribution < -0.4 is 0 Å². The Balaban J connectivity index is 4.46. The van der Waals surface area contributed by atoms with Crippen LogP contribution in [-0.2, 0) is 28.6 Å². The third-order valence-corrected chi connectivity index (χ3v) is 10.8. The van der Waals surface area contributed by atoms with Crippen LogP contribution in [0.4, 0.5) is 0 Å². The summed E-state index contributed by atoms with van der Waals surface area (Å²) in [7, 11) is 0. The minimum Gasteiger partial charge on any atom is -0.462 e. The first kappa shape index (κ1) is 59.6. The Morgan fingerprint density at radius 1 is 0.333 bits per heavy atom. The van der Waals surface area contributed by atoms with E-state index in [0.29, 0.717) is 19.3 Å². The van der Waals surface area contributed by atoms with Gasteiger partial charge in [0.15, 0.2) is 6.10 Å². The average molecular weight is 877 g/mol. The number of carbonyl (C=O) groups is 3. The van der Waals surface area contributed by atoms with Gasteiger partial charge in [-0.3, -0.25) is 14.4 Å². The number of carbonyl (C=O) groups excluding carboxylic acids is 3. The van der Waals surface area contributed by atoms with Crippen LogP contribution in [0, 0.1) is 0 Å². The van der Waals surface area contributed by atoms with Gasteiger partial charge in [0.2, 0.25) is 0 Å². The van der Waals surface area contributed by atoms with E-state index in [0.717, 1.165) is 109 Å². The zero-order valence-electron chi connectivity index (χ0n) is 41.1. The van der Waals surface area contributed by atoms with Crippen LogP contribution in [0.15, 0.2) is 85.1 Å². The van der Waals surface area contributed by atoms with E-state index < -0.39 is 6.10 Å². The maximum Gasteiger partial charge on any atom is 0.306 e. The fraction of sp³-hybridized carbons (Fsp3) is 0.702. The van der Waals surface area contributed by atoms with Gasteiger partial charge in [-0.1, -0.05) is 196 Å². The number of hydrogen-bond acceptors (Lipinski definition) is 6. The van der Waals surface area contributed by atoms with Gasteiger partial charge in [0.05, 0.1) is 0 Å². The molecule has 0 amide bonds.